The molecule has 3 N–H and O–H groups in total. The summed E-state index contributed by atoms with van der Waals surface area (Å²) in [7, 11) is 2.27. The number of rotatable bonds is 7. The van der Waals surface area contributed by atoms with Crippen LogP contribution in [0.1, 0.15) is 91.9 Å². The van der Waals surface area contributed by atoms with E-state index in [2.05, 4.69) is 70.4 Å². The lowest BCUT2D eigenvalue weighted by atomic mass is 9.76. The van der Waals surface area contributed by atoms with Gasteiger partial charge in [0.15, 0.2) is 0 Å². The number of amides is 3. The number of aromatic amines is 2. The van der Waals surface area contributed by atoms with Gasteiger partial charge in [0.05, 0.1) is 11.6 Å². The molecule has 1 unspecified atom stereocenters. The molecule has 0 saturated carbocycles. The van der Waals surface area contributed by atoms with E-state index in [1.807, 2.05) is 29.2 Å². The number of carbonyl (C=O) groups excluding carboxylic acids is 3. The molecule has 4 aromatic rings. The maximum absolute atomic E-state index is 13.6. The van der Waals surface area contributed by atoms with Gasteiger partial charge in [-0.3, -0.25) is 24.8 Å². The van der Waals surface area contributed by atoms with Gasteiger partial charge in [-0.15, -0.1) is 0 Å². The van der Waals surface area contributed by atoms with Crippen molar-refractivity contribution in [1.29, 1.82) is 0 Å². The van der Waals surface area contributed by atoms with Gasteiger partial charge in [0, 0.05) is 78.6 Å². The number of nitrogens with one attached hydrogen (secondary N) is 3. The van der Waals surface area contributed by atoms with Crippen LogP contribution >= 0.6 is 0 Å². The molecule has 2 aromatic carbocycles. The maximum atomic E-state index is 13.6. The highest BCUT2D eigenvalue weighted by Crippen LogP contribution is 2.38. The Hall–Kier alpha value is -4.44. The van der Waals surface area contributed by atoms with Gasteiger partial charge in [-0.1, -0.05) is 32.0 Å². The van der Waals surface area contributed by atoms with Crippen molar-refractivity contribution in [1.82, 2.24) is 30.3 Å². The Kier molecular flexibility index (Phi) is 8.98. The second-order valence-electron chi connectivity index (χ2n) is 16.3. The molecule has 3 aliphatic heterocycles. The third kappa shape index (κ3) is 6.95. The summed E-state index contributed by atoms with van der Waals surface area (Å²) in [6.07, 6.45) is 8.49. The van der Waals surface area contributed by atoms with Gasteiger partial charge in [0.25, 0.3) is 5.91 Å². The summed E-state index contributed by atoms with van der Waals surface area (Å²) in [6, 6.07) is 17.1. The summed E-state index contributed by atoms with van der Waals surface area (Å²) in [5.41, 5.74) is 8.81. The molecule has 10 heteroatoms. The molecule has 10 nitrogen and oxygen atoms in total. The number of likely N-dealkylation sites (tertiary alicyclic amines) is 1. The maximum Gasteiger partial charge on any atom is 0.253 e. The quantitative estimate of drug-likeness (QED) is 0.204. The first-order chi connectivity index (χ1) is 24.6. The van der Waals surface area contributed by atoms with Crippen molar-refractivity contribution in [2.24, 2.45) is 11.3 Å². The highest BCUT2D eigenvalue weighted by atomic mass is 16.2. The van der Waals surface area contributed by atoms with Crippen molar-refractivity contribution in [2.45, 2.75) is 83.6 Å². The highest BCUT2D eigenvalue weighted by molar-refractivity contribution is 6.01. The molecule has 0 radical (unpaired) electrons. The molecule has 1 atom stereocenters. The van der Waals surface area contributed by atoms with Crippen molar-refractivity contribution < 1.29 is 14.4 Å². The standard InChI is InChI=1S/C41H51N7O3/c1-41(2)17-12-33-36(24-41)44-45-38(33)35-22-28-4-5-29(23-34(28)42-35)40(51)48-18-13-26(14-19-48)25-46(3)30-15-20-47(21-16-30)31-8-6-27(7-9-31)32-10-11-37(49)43-39(32)50/h4-9,22-23,26,30,32,42H,10-21,24-25H2,1-3H3,(H,44,45)(H,43,49,50). The average molecular weight is 690 g/mol. The van der Waals surface area contributed by atoms with E-state index in [9.17, 15) is 14.4 Å². The number of imide groups is 1. The topological polar surface area (TPSA) is 117 Å². The number of benzene rings is 2. The van der Waals surface area contributed by atoms with Crippen LogP contribution in [0.3, 0.4) is 0 Å². The fraction of sp³-hybridized carbons (Fsp3) is 0.512. The Morgan fingerprint density at radius 2 is 1.71 bits per heavy atom. The molecule has 8 rings (SSSR count). The minimum Gasteiger partial charge on any atom is -0.371 e. The third-order valence-corrected chi connectivity index (χ3v) is 12.2. The zero-order valence-electron chi connectivity index (χ0n) is 30.3. The normalized spacial score (nSPS) is 21.7. The minimum atomic E-state index is -0.240. The Morgan fingerprint density at radius 1 is 0.941 bits per heavy atom. The fourth-order valence-corrected chi connectivity index (χ4v) is 9.01. The van der Waals surface area contributed by atoms with Crippen LogP contribution in [-0.2, 0) is 22.4 Å². The molecule has 3 saturated heterocycles. The summed E-state index contributed by atoms with van der Waals surface area (Å²) < 4.78 is 0. The third-order valence-electron chi connectivity index (χ3n) is 12.2. The molecular weight excluding hydrogens is 638 g/mol. The van der Waals surface area contributed by atoms with Crippen LogP contribution in [0.2, 0.25) is 0 Å². The second-order valence-corrected chi connectivity index (χ2v) is 16.3. The van der Waals surface area contributed by atoms with Crippen LogP contribution in [0.5, 0.6) is 0 Å². The fourth-order valence-electron chi connectivity index (χ4n) is 9.01. The Labute approximate surface area is 300 Å². The number of fused-ring (bicyclic) bond motifs is 2. The number of piperidine rings is 3. The molecule has 4 aliphatic rings. The minimum absolute atomic E-state index is 0.122. The van der Waals surface area contributed by atoms with E-state index >= 15 is 0 Å². The Morgan fingerprint density at radius 3 is 2.45 bits per heavy atom. The summed E-state index contributed by atoms with van der Waals surface area (Å²) in [5, 5.41) is 11.6. The molecule has 5 heterocycles. The molecule has 0 spiro atoms. The van der Waals surface area contributed by atoms with Gasteiger partial charge in [-0.2, -0.15) is 5.10 Å². The largest absolute Gasteiger partial charge is 0.371 e. The van der Waals surface area contributed by atoms with Crippen LogP contribution in [0.25, 0.3) is 22.3 Å². The zero-order chi connectivity index (χ0) is 35.3. The molecular formula is C41H51N7O3. The molecule has 51 heavy (non-hydrogen) atoms. The number of hydrogen-bond donors (Lipinski definition) is 3. The monoisotopic (exact) mass is 689 g/mol. The van der Waals surface area contributed by atoms with Crippen LogP contribution in [-0.4, -0.2) is 88.5 Å². The van der Waals surface area contributed by atoms with Crippen LogP contribution in [0.15, 0.2) is 48.5 Å². The second kappa shape index (κ2) is 13.6. The van der Waals surface area contributed by atoms with E-state index in [-0.39, 0.29) is 23.6 Å². The highest BCUT2D eigenvalue weighted by Gasteiger charge is 2.32. The van der Waals surface area contributed by atoms with Crippen LogP contribution in [0.4, 0.5) is 5.69 Å². The molecule has 1 aliphatic carbocycles. The van der Waals surface area contributed by atoms with E-state index in [1.54, 1.807) is 0 Å². The first-order valence-corrected chi connectivity index (χ1v) is 19.0. The van der Waals surface area contributed by atoms with Crippen LogP contribution < -0.4 is 10.2 Å². The molecule has 3 fully saturated rings. The smallest absolute Gasteiger partial charge is 0.253 e. The predicted molar refractivity (Wildman–Crippen MR) is 200 cm³/mol. The van der Waals surface area contributed by atoms with Crippen molar-refractivity contribution in [3.63, 3.8) is 0 Å². The van der Waals surface area contributed by atoms with Gasteiger partial charge in [-0.05, 0) is 106 Å². The Bertz CT molecular complexity index is 1930. The van der Waals surface area contributed by atoms with Gasteiger partial charge >= 0.3 is 0 Å². The van der Waals surface area contributed by atoms with Crippen molar-refractivity contribution in [3.05, 3.63) is 70.9 Å². The lowest BCUT2D eigenvalue weighted by Crippen LogP contribution is -2.46. The predicted octanol–water partition coefficient (Wildman–Crippen LogP) is 6.05. The van der Waals surface area contributed by atoms with E-state index < -0.39 is 0 Å². The lowest BCUT2D eigenvalue weighted by Gasteiger charge is -2.40. The summed E-state index contributed by atoms with van der Waals surface area (Å²) in [5.74, 6) is 0.116. The Balaban J connectivity index is 0.811. The summed E-state index contributed by atoms with van der Waals surface area (Å²) in [6.45, 7) is 9.33. The molecule has 2 aromatic heterocycles. The number of nitrogens with zero attached hydrogens (tertiary/aromatic N) is 4. The average Bonchev–Trinajstić information content (AvgIpc) is 3.74. The molecule has 0 bridgehead atoms. The molecule has 3 amide bonds. The van der Waals surface area contributed by atoms with E-state index in [0.29, 0.717) is 30.2 Å². The number of aromatic nitrogens is 3. The summed E-state index contributed by atoms with van der Waals surface area (Å²) in [4.78, 5) is 48.0. The van der Waals surface area contributed by atoms with Crippen molar-refractivity contribution in [2.75, 3.05) is 44.7 Å². The number of carbonyl (C=O) groups is 3. The van der Waals surface area contributed by atoms with Gasteiger partial charge in [0.2, 0.25) is 11.8 Å². The SMILES string of the molecule is CN(CC1CCN(C(=O)c2ccc3cc(-c4n[nH]c5c4CCC(C)(C)C5)[nH]c3c2)CC1)C1CCN(c2ccc(C3CCC(=O)NC3=O)cc2)CC1. The number of H-pyrrole nitrogens is 2. The van der Waals surface area contributed by atoms with Gasteiger partial charge in [-0.25, -0.2) is 0 Å². The van der Waals surface area contributed by atoms with Crippen molar-refractivity contribution in [3.8, 4) is 11.4 Å². The van der Waals surface area contributed by atoms with E-state index in [4.69, 9.17) is 5.10 Å². The summed E-state index contributed by atoms with van der Waals surface area (Å²) >= 11 is 0. The number of anilines is 1. The van der Waals surface area contributed by atoms with Crippen molar-refractivity contribution >= 4 is 34.3 Å². The number of hydrogen-bond acceptors (Lipinski definition) is 6. The first kappa shape index (κ1) is 33.7. The lowest BCUT2D eigenvalue weighted by molar-refractivity contribution is -0.134. The van der Waals surface area contributed by atoms with E-state index in [0.717, 1.165) is 111 Å². The van der Waals surface area contributed by atoms with Crippen LogP contribution in [0, 0.1) is 11.3 Å². The van der Waals surface area contributed by atoms with Gasteiger partial charge in [0.1, 0.15) is 5.69 Å². The zero-order valence-corrected chi connectivity index (χ0v) is 30.3. The van der Waals surface area contributed by atoms with E-state index in [1.165, 1.54) is 16.9 Å². The molecule has 268 valence electrons. The van der Waals surface area contributed by atoms with Gasteiger partial charge < -0.3 is 19.7 Å². The first-order valence-electron chi connectivity index (χ1n) is 19.0.